The van der Waals surface area contributed by atoms with Crippen molar-refractivity contribution < 1.29 is 0 Å². The first-order chi connectivity index (χ1) is 12.8. The largest absolute Gasteiger partial charge is 0.359 e. The van der Waals surface area contributed by atoms with Gasteiger partial charge in [-0.05, 0) is 25.0 Å². The lowest BCUT2D eigenvalue weighted by molar-refractivity contribution is 0.251. The molecule has 0 N–H and O–H groups in total. The Kier molecular flexibility index (Phi) is 6.81. The van der Waals surface area contributed by atoms with E-state index >= 15 is 0 Å². The van der Waals surface area contributed by atoms with Crippen LogP contribution in [0.5, 0.6) is 0 Å². The second kappa shape index (κ2) is 9.51. The summed E-state index contributed by atoms with van der Waals surface area (Å²) in [5.41, 5.74) is 2.30. The Hall–Kier alpha value is -2.17. The van der Waals surface area contributed by atoms with Crippen molar-refractivity contribution in [1.82, 2.24) is 24.6 Å². The Morgan fingerprint density at radius 1 is 0.731 bits per heavy atom. The fourth-order valence-corrected chi connectivity index (χ4v) is 3.37. The Bertz CT molecular complexity index is 563. The summed E-state index contributed by atoms with van der Waals surface area (Å²) in [5, 5.41) is 0. The third kappa shape index (κ3) is 5.41. The zero-order valence-corrected chi connectivity index (χ0v) is 16.3. The molecule has 0 saturated carbocycles. The van der Waals surface area contributed by atoms with Gasteiger partial charge < -0.3 is 19.6 Å². The number of hydrogen-bond donors (Lipinski definition) is 0. The van der Waals surface area contributed by atoms with Crippen molar-refractivity contribution in [2.24, 2.45) is 0 Å². The highest BCUT2D eigenvalue weighted by Crippen LogP contribution is 2.14. The maximum absolute atomic E-state index is 4.89. The van der Waals surface area contributed by atoms with Gasteiger partial charge >= 0.3 is 0 Å². The van der Waals surface area contributed by atoms with Crippen LogP contribution in [-0.4, -0.2) is 51.0 Å². The number of rotatable bonds is 10. The van der Waals surface area contributed by atoms with Crippen molar-refractivity contribution in [3.05, 3.63) is 54.4 Å². The lowest BCUT2D eigenvalue weighted by atomic mass is 10.3. The molecule has 3 rings (SSSR count). The van der Waals surface area contributed by atoms with Gasteiger partial charge in [-0.15, -0.1) is 0 Å². The van der Waals surface area contributed by atoms with Gasteiger partial charge in [0.15, 0.2) is 0 Å². The first-order valence-electron chi connectivity index (χ1n) is 10.0. The summed E-state index contributed by atoms with van der Waals surface area (Å²) in [5.74, 6) is 0. The summed E-state index contributed by atoms with van der Waals surface area (Å²) in [6.45, 7) is 10.5. The maximum atomic E-state index is 4.89. The summed E-state index contributed by atoms with van der Waals surface area (Å²) in [6.07, 6.45) is 13.8. The van der Waals surface area contributed by atoms with E-state index in [2.05, 4.69) is 76.4 Å². The number of nitrogens with zero attached hydrogens (tertiary/aromatic N) is 5. The molecule has 0 fully saturated rings. The minimum Gasteiger partial charge on any atom is -0.359 e. The SMILES string of the molecule is CCCCN1C=CN(Cc2cccc(CN3C=CN(CCCC)C3)n2)C1. The molecule has 1 aromatic heterocycles. The number of pyridine rings is 1. The molecular weight excluding hydrogens is 322 g/mol. The Balaban J connectivity index is 1.47. The zero-order valence-electron chi connectivity index (χ0n) is 16.3. The van der Waals surface area contributed by atoms with Crippen LogP contribution in [0.3, 0.4) is 0 Å². The fourth-order valence-electron chi connectivity index (χ4n) is 3.37. The highest BCUT2D eigenvalue weighted by molar-refractivity contribution is 5.13. The van der Waals surface area contributed by atoms with Gasteiger partial charge in [-0.25, -0.2) is 0 Å². The van der Waals surface area contributed by atoms with Crippen LogP contribution in [0.25, 0.3) is 0 Å². The van der Waals surface area contributed by atoms with Crippen LogP contribution in [0.2, 0.25) is 0 Å². The Morgan fingerprint density at radius 2 is 1.19 bits per heavy atom. The van der Waals surface area contributed by atoms with Gasteiger partial charge in [0.1, 0.15) is 0 Å². The molecule has 0 bridgehead atoms. The predicted octanol–water partition coefficient (Wildman–Crippen LogP) is 3.77. The molecule has 0 atom stereocenters. The smallest absolute Gasteiger partial charge is 0.0897 e. The lowest BCUT2D eigenvalue weighted by Crippen LogP contribution is -2.27. The van der Waals surface area contributed by atoms with E-state index in [4.69, 9.17) is 4.98 Å². The van der Waals surface area contributed by atoms with Gasteiger partial charge in [-0.2, -0.15) is 0 Å². The van der Waals surface area contributed by atoms with Gasteiger partial charge in [-0.3, -0.25) is 4.98 Å². The molecule has 5 heteroatoms. The van der Waals surface area contributed by atoms with E-state index in [1.807, 2.05) is 0 Å². The lowest BCUT2D eigenvalue weighted by Gasteiger charge is -2.22. The molecule has 0 aliphatic carbocycles. The van der Waals surface area contributed by atoms with E-state index in [0.29, 0.717) is 0 Å². The van der Waals surface area contributed by atoms with Crippen LogP contribution < -0.4 is 0 Å². The predicted molar refractivity (Wildman–Crippen MR) is 107 cm³/mol. The molecule has 0 unspecified atom stereocenters. The standard InChI is InChI=1S/C21H33N5/c1-3-5-10-23-12-14-25(18-23)16-20-8-7-9-21(22-20)17-26-15-13-24(19-26)11-6-4-2/h7-9,12-15H,3-6,10-11,16-19H2,1-2H3. The Morgan fingerprint density at radius 3 is 1.65 bits per heavy atom. The van der Waals surface area contributed by atoms with E-state index in [0.717, 1.165) is 50.9 Å². The molecule has 0 spiro atoms. The third-order valence-corrected chi connectivity index (χ3v) is 4.90. The molecule has 2 aliphatic heterocycles. The maximum Gasteiger partial charge on any atom is 0.0897 e. The topological polar surface area (TPSA) is 25.9 Å². The molecule has 2 aliphatic rings. The van der Waals surface area contributed by atoms with E-state index < -0.39 is 0 Å². The summed E-state index contributed by atoms with van der Waals surface area (Å²) in [6, 6.07) is 6.42. The van der Waals surface area contributed by atoms with Gasteiger partial charge in [0.2, 0.25) is 0 Å². The van der Waals surface area contributed by atoms with Crippen LogP contribution >= 0.6 is 0 Å². The van der Waals surface area contributed by atoms with Crippen LogP contribution in [0.4, 0.5) is 0 Å². The molecule has 3 heterocycles. The first-order valence-corrected chi connectivity index (χ1v) is 10.0. The summed E-state index contributed by atoms with van der Waals surface area (Å²) in [4.78, 5) is 14.3. The Labute approximate surface area is 158 Å². The highest BCUT2D eigenvalue weighted by Gasteiger charge is 2.14. The van der Waals surface area contributed by atoms with Crippen molar-refractivity contribution in [2.75, 3.05) is 26.4 Å². The van der Waals surface area contributed by atoms with Crippen LogP contribution in [0, 0.1) is 0 Å². The van der Waals surface area contributed by atoms with E-state index in [9.17, 15) is 0 Å². The number of unbranched alkanes of at least 4 members (excludes halogenated alkanes) is 2. The van der Waals surface area contributed by atoms with E-state index in [1.165, 1.54) is 25.7 Å². The van der Waals surface area contributed by atoms with Crippen molar-refractivity contribution in [3.63, 3.8) is 0 Å². The van der Waals surface area contributed by atoms with Gasteiger partial charge in [-0.1, -0.05) is 32.8 Å². The second-order valence-corrected chi connectivity index (χ2v) is 7.32. The first kappa shape index (κ1) is 18.6. The molecule has 142 valence electrons. The monoisotopic (exact) mass is 355 g/mol. The highest BCUT2D eigenvalue weighted by atomic mass is 15.3. The van der Waals surface area contributed by atoms with Crippen LogP contribution in [-0.2, 0) is 13.1 Å². The van der Waals surface area contributed by atoms with Crippen molar-refractivity contribution >= 4 is 0 Å². The summed E-state index contributed by atoms with van der Waals surface area (Å²) >= 11 is 0. The van der Waals surface area contributed by atoms with E-state index in [1.54, 1.807) is 0 Å². The average Bonchev–Trinajstić information content (AvgIpc) is 3.28. The third-order valence-electron chi connectivity index (χ3n) is 4.90. The normalized spacial score (nSPS) is 16.4. The molecule has 0 saturated heterocycles. The molecular formula is C21H33N5. The molecule has 0 aromatic carbocycles. The van der Waals surface area contributed by atoms with Gasteiger partial charge in [0.05, 0.1) is 37.8 Å². The minimum absolute atomic E-state index is 0.880. The van der Waals surface area contributed by atoms with Crippen LogP contribution in [0.1, 0.15) is 50.9 Å². The molecule has 0 radical (unpaired) electrons. The molecule has 26 heavy (non-hydrogen) atoms. The van der Waals surface area contributed by atoms with Crippen molar-refractivity contribution in [1.29, 1.82) is 0 Å². The molecule has 5 nitrogen and oxygen atoms in total. The van der Waals surface area contributed by atoms with Crippen molar-refractivity contribution in [2.45, 2.75) is 52.6 Å². The quantitative estimate of drug-likeness (QED) is 0.636. The number of aromatic nitrogens is 1. The molecule has 0 amide bonds. The second-order valence-electron chi connectivity index (χ2n) is 7.32. The van der Waals surface area contributed by atoms with E-state index in [-0.39, 0.29) is 0 Å². The zero-order chi connectivity index (χ0) is 18.2. The minimum atomic E-state index is 0.880. The van der Waals surface area contributed by atoms with Gasteiger partial charge in [0, 0.05) is 37.9 Å². The summed E-state index contributed by atoms with van der Waals surface area (Å²) in [7, 11) is 0. The van der Waals surface area contributed by atoms with Gasteiger partial charge in [0.25, 0.3) is 0 Å². The fraction of sp³-hybridized carbons (Fsp3) is 0.571. The molecule has 1 aromatic rings. The average molecular weight is 356 g/mol. The summed E-state index contributed by atoms with van der Waals surface area (Å²) < 4.78 is 0. The number of hydrogen-bond acceptors (Lipinski definition) is 5. The van der Waals surface area contributed by atoms with Crippen LogP contribution in [0.15, 0.2) is 43.0 Å². The van der Waals surface area contributed by atoms with Crippen molar-refractivity contribution in [3.8, 4) is 0 Å².